The number of hydrogen-bond donors (Lipinski definition) is 2. The standard InChI is InChI=1S/C13H23NO3/c1-2-17-11-6-10(7-11)8-12(15)14-9-13(16)4-3-5-13/h10-11,16H,2-9H2,1H3,(H,14,15). The lowest BCUT2D eigenvalue weighted by atomic mass is 9.79. The third-order valence-electron chi connectivity index (χ3n) is 3.97. The molecule has 0 bridgehead atoms. The molecule has 2 fully saturated rings. The summed E-state index contributed by atoms with van der Waals surface area (Å²) in [6.45, 7) is 3.18. The molecule has 0 unspecified atom stereocenters. The zero-order valence-corrected chi connectivity index (χ0v) is 10.6. The molecule has 0 aromatic heterocycles. The lowest BCUT2D eigenvalue weighted by Gasteiger charge is -2.37. The van der Waals surface area contributed by atoms with Gasteiger partial charge in [-0.25, -0.2) is 0 Å². The van der Waals surface area contributed by atoms with Gasteiger partial charge in [0.05, 0.1) is 11.7 Å². The Bertz CT molecular complexity index is 270. The van der Waals surface area contributed by atoms with Gasteiger partial charge >= 0.3 is 0 Å². The maximum atomic E-state index is 11.6. The fourth-order valence-corrected chi connectivity index (χ4v) is 2.57. The van der Waals surface area contributed by atoms with Crippen LogP contribution in [0.5, 0.6) is 0 Å². The molecule has 98 valence electrons. The van der Waals surface area contributed by atoms with E-state index in [1.807, 2.05) is 6.92 Å². The molecular formula is C13H23NO3. The summed E-state index contributed by atoms with van der Waals surface area (Å²) >= 11 is 0. The number of hydrogen-bond acceptors (Lipinski definition) is 3. The molecule has 0 spiro atoms. The van der Waals surface area contributed by atoms with Crippen LogP contribution in [0.2, 0.25) is 0 Å². The van der Waals surface area contributed by atoms with Crippen molar-refractivity contribution >= 4 is 5.91 Å². The van der Waals surface area contributed by atoms with E-state index in [1.54, 1.807) is 0 Å². The highest BCUT2D eigenvalue weighted by molar-refractivity contribution is 5.76. The second-order valence-corrected chi connectivity index (χ2v) is 5.47. The molecule has 0 atom stereocenters. The zero-order valence-electron chi connectivity index (χ0n) is 10.6. The van der Waals surface area contributed by atoms with E-state index in [9.17, 15) is 9.90 Å². The van der Waals surface area contributed by atoms with Crippen LogP contribution in [0.3, 0.4) is 0 Å². The van der Waals surface area contributed by atoms with E-state index in [4.69, 9.17) is 4.74 Å². The molecule has 2 rings (SSSR count). The maximum absolute atomic E-state index is 11.6. The summed E-state index contributed by atoms with van der Waals surface area (Å²) in [6.07, 6.45) is 5.68. The largest absolute Gasteiger partial charge is 0.388 e. The lowest BCUT2D eigenvalue weighted by molar-refractivity contribution is -0.126. The average molecular weight is 241 g/mol. The summed E-state index contributed by atoms with van der Waals surface area (Å²) in [5, 5.41) is 12.7. The van der Waals surface area contributed by atoms with E-state index in [0.717, 1.165) is 38.7 Å². The van der Waals surface area contributed by atoms with Gasteiger partial charge in [-0.05, 0) is 44.9 Å². The van der Waals surface area contributed by atoms with Crippen molar-refractivity contribution in [3.8, 4) is 0 Å². The Kier molecular flexibility index (Phi) is 4.05. The van der Waals surface area contributed by atoms with Gasteiger partial charge in [0.15, 0.2) is 0 Å². The predicted molar refractivity (Wildman–Crippen MR) is 64.6 cm³/mol. The van der Waals surface area contributed by atoms with Gasteiger partial charge in [0.25, 0.3) is 0 Å². The minimum atomic E-state index is -0.608. The number of aliphatic hydroxyl groups is 1. The van der Waals surface area contributed by atoms with Crippen LogP contribution in [0.15, 0.2) is 0 Å². The van der Waals surface area contributed by atoms with Gasteiger partial charge in [-0.1, -0.05) is 0 Å². The molecule has 0 saturated heterocycles. The molecule has 2 aliphatic carbocycles. The Balaban J connectivity index is 1.56. The van der Waals surface area contributed by atoms with E-state index in [0.29, 0.717) is 25.0 Å². The predicted octanol–water partition coefficient (Wildman–Crippen LogP) is 1.22. The molecule has 0 heterocycles. The second-order valence-electron chi connectivity index (χ2n) is 5.47. The summed E-state index contributed by atoms with van der Waals surface area (Å²) in [5.74, 6) is 0.549. The molecule has 0 aromatic carbocycles. The Morgan fingerprint density at radius 3 is 2.71 bits per heavy atom. The van der Waals surface area contributed by atoms with Gasteiger partial charge < -0.3 is 15.2 Å². The van der Waals surface area contributed by atoms with Crippen molar-refractivity contribution in [3.63, 3.8) is 0 Å². The first-order valence-electron chi connectivity index (χ1n) is 6.72. The van der Waals surface area contributed by atoms with Crippen LogP contribution in [-0.2, 0) is 9.53 Å². The van der Waals surface area contributed by atoms with Crippen LogP contribution in [0.25, 0.3) is 0 Å². The lowest BCUT2D eigenvalue weighted by Crippen LogP contribution is -2.48. The molecule has 0 aromatic rings. The number of ether oxygens (including phenoxy) is 1. The Hall–Kier alpha value is -0.610. The highest BCUT2D eigenvalue weighted by Gasteiger charge is 2.35. The van der Waals surface area contributed by atoms with Crippen molar-refractivity contribution in [1.82, 2.24) is 5.32 Å². The van der Waals surface area contributed by atoms with Crippen molar-refractivity contribution in [3.05, 3.63) is 0 Å². The van der Waals surface area contributed by atoms with Crippen molar-refractivity contribution < 1.29 is 14.6 Å². The monoisotopic (exact) mass is 241 g/mol. The van der Waals surface area contributed by atoms with Gasteiger partial charge in [0, 0.05) is 19.6 Å². The van der Waals surface area contributed by atoms with E-state index in [-0.39, 0.29) is 5.91 Å². The summed E-state index contributed by atoms with van der Waals surface area (Å²) in [6, 6.07) is 0. The maximum Gasteiger partial charge on any atom is 0.220 e. The van der Waals surface area contributed by atoms with Crippen molar-refractivity contribution in [2.45, 2.75) is 57.2 Å². The molecule has 0 radical (unpaired) electrons. The second kappa shape index (κ2) is 5.36. The molecule has 2 N–H and O–H groups in total. The van der Waals surface area contributed by atoms with E-state index in [1.165, 1.54) is 0 Å². The summed E-state index contributed by atoms with van der Waals surface area (Å²) in [5.41, 5.74) is -0.608. The molecule has 1 amide bonds. The van der Waals surface area contributed by atoms with Gasteiger partial charge in [-0.3, -0.25) is 4.79 Å². The third kappa shape index (κ3) is 3.42. The van der Waals surface area contributed by atoms with E-state index in [2.05, 4.69) is 5.32 Å². The van der Waals surface area contributed by atoms with Crippen LogP contribution in [0.1, 0.15) is 45.4 Å². The molecule has 2 saturated carbocycles. The van der Waals surface area contributed by atoms with E-state index >= 15 is 0 Å². The van der Waals surface area contributed by atoms with Crippen molar-refractivity contribution in [2.75, 3.05) is 13.2 Å². The van der Waals surface area contributed by atoms with Crippen LogP contribution >= 0.6 is 0 Å². The summed E-state index contributed by atoms with van der Waals surface area (Å²) in [4.78, 5) is 11.6. The molecule has 2 aliphatic rings. The number of nitrogens with one attached hydrogen (secondary N) is 1. The fraction of sp³-hybridized carbons (Fsp3) is 0.923. The van der Waals surface area contributed by atoms with Gasteiger partial charge in [0.2, 0.25) is 5.91 Å². The third-order valence-corrected chi connectivity index (χ3v) is 3.97. The first-order chi connectivity index (χ1) is 8.11. The highest BCUT2D eigenvalue weighted by Crippen LogP contribution is 2.33. The Morgan fingerprint density at radius 1 is 1.47 bits per heavy atom. The first-order valence-corrected chi connectivity index (χ1v) is 6.72. The van der Waals surface area contributed by atoms with Crippen molar-refractivity contribution in [2.24, 2.45) is 5.92 Å². The normalized spacial score (nSPS) is 30.2. The quantitative estimate of drug-likeness (QED) is 0.735. The van der Waals surface area contributed by atoms with Gasteiger partial charge in [-0.2, -0.15) is 0 Å². The van der Waals surface area contributed by atoms with Crippen molar-refractivity contribution in [1.29, 1.82) is 0 Å². The average Bonchev–Trinajstić information content (AvgIpc) is 2.21. The smallest absolute Gasteiger partial charge is 0.220 e. The minimum Gasteiger partial charge on any atom is -0.388 e. The molecule has 17 heavy (non-hydrogen) atoms. The Morgan fingerprint density at radius 2 is 2.18 bits per heavy atom. The zero-order chi connectivity index (χ0) is 12.3. The van der Waals surface area contributed by atoms with Crippen LogP contribution < -0.4 is 5.32 Å². The van der Waals surface area contributed by atoms with E-state index < -0.39 is 5.60 Å². The number of carbonyl (C=O) groups excluding carboxylic acids is 1. The van der Waals surface area contributed by atoms with Crippen LogP contribution in [0, 0.1) is 5.92 Å². The van der Waals surface area contributed by atoms with Crippen LogP contribution in [0.4, 0.5) is 0 Å². The molecule has 4 heteroatoms. The molecule has 4 nitrogen and oxygen atoms in total. The minimum absolute atomic E-state index is 0.0743. The molecule has 0 aliphatic heterocycles. The summed E-state index contributed by atoms with van der Waals surface area (Å²) in [7, 11) is 0. The number of amides is 1. The SMILES string of the molecule is CCOC1CC(CC(=O)NCC2(O)CCC2)C1. The van der Waals surface area contributed by atoms with Gasteiger partial charge in [0.1, 0.15) is 0 Å². The summed E-state index contributed by atoms with van der Waals surface area (Å²) < 4.78 is 5.46. The van der Waals surface area contributed by atoms with Crippen LogP contribution in [-0.4, -0.2) is 35.9 Å². The topological polar surface area (TPSA) is 58.6 Å². The Labute approximate surface area is 103 Å². The highest BCUT2D eigenvalue weighted by atomic mass is 16.5. The number of carbonyl (C=O) groups is 1. The molecular weight excluding hydrogens is 218 g/mol. The first kappa shape index (κ1) is 12.8. The fourth-order valence-electron chi connectivity index (χ4n) is 2.57. The number of rotatable bonds is 6. The van der Waals surface area contributed by atoms with Gasteiger partial charge in [-0.15, -0.1) is 0 Å².